The molecule has 0 fully saturated rings. The van der Waals surface area contributed by atoms with Crippen molar-refractivity contribution in [1.82, 2.24) is 5.32 Å². The monoisotopic (exact) mass is 846 g/mol. The minimum atomic E-state index is -0.847. The molecular weight excluding hydrogens is 743 g/mol. The van der Waals surface area contributed by atoms with Crippen molar-refractivity contribution < 1.29 is 24.5 Å². The maximum absolute atomic E-state index is 12.4. The summed E-state index contributed by atoms with van der Waals surface area (Å²) in [6.45, 7) is 4.86. The Morgan fingerprint density at radius 3 is 1.18 bits per heavy atom. The van der Waals surface area contributed by atoms with Crippen LogP contribution in [0.25, 0.3) is 0 Å². The topological polar surface area (TPSA) is 95.9 Å². The molecular formula is C54H103NO5. The van der Waals surface area contributed by atoms with Gasteiger partial charge in [-0.2, -0.15) is 0 Å². The Hall–Kier alpha value is -1.66. The van der Waals surface area contributed by atoms with Gasteiger partial charge in [0.15, 0.2) is 0 Å². The molecule has 0 saturated carbocycles. The van der Waals surface area contributed by atoms with E-state index >= 15 is 0 Å². The van der Waals surface area contributed by atoms with Crippen molar-refractivity contribution in [2.45, 2.75) is 296 Å². The molecule has 0 spiro atoms. The molecule has 0 aromatic carbocycles. The quantitative estimate of drug-likeness (QED) is 0.0322. The van der Waals surface area contributed by atoms with Crippen molar-refractivity contribution in [2.75, 3.05) is 13.2 Å². The number of aliphatic hydroxyl groups is 2. The summed E-state index contributed by atoms with van der Waals surface area (Å²) in [6.07, 6.45) is 59.0. The number of carbonyl (C=O) groups is 2. The number of hydrogen-bond donors (Lipinski definition) is 3. The molecule has 6 heteroatoms. The fraction of sp³-hybridized carbons (Fsp3) is 0.889. The van der Waals surface area contributed by atoms with Gasteiger partial charge in [-0.1, -0.05) is 237 Å². The van der Waals surface area contributed by atoms with Crippen LogP contribution in [0.5, 0.6) is 0 Å². The van der Waals surface area contributed by atoms with Gasteiger partial charge in [0.2, 0.25) is 5.91 Å². The summed E-state index contributed by atoms with van der Waals surface area (Å²) in [5.41, 5.74) is 0. The van der Waals surface area contributed by atoms with Crippen LogP contribution < -0.4 is 5.32 Å². The Morgan fingerprint density at radius 2 is 0.783 bits per heavy atom. The zero-order valence-electron chi connectivity index (χ0n) is 40.2. The lowest BCUT2D eigenvalue weighted by molar-refractivity contribution is -0.143. The van der Waals surface area contributed by atoms with Crippen LogP contribution in [0, 0.1) is 0 Å². The lowest BCUT2D eigenvalue weighted by atomic mass is 10.0. The molecule has 6 nitrogen and oxygen atoms in total. The van der Waals surface area contributed by atoms with Gasteiger partial charge < -0.3 is 20.3 Å². The Bertz CT molecular complexity index is 935. The molecule has 3 N–H and O–H groups in total. The standard InChI is InChI=1S/C54H103NO5/c1-3-5-7-9-11-13-15-16-17-18-22-25-28-32-36-40-44-48-54(59)60-49-45-41-37-33-29-26-23-20-19-21-24-27-31-35-39-43-47-53(58)55-51(50-56)52(57)46-42-38-34-30-14-12-10-8-6-4-2/h16-17,42,46,51-52,56-57H,3-15,18-41,43-45,47-50H2,1-2H3,(H,55,58)/b17-16-,46-42+. The van der Waals surface area contributed by atoms with Crippen LogP contribution in [-0.4, -0.2) is 47.4 Å². The van der Waals surface area contributed by atoms with E-state index < -0.39 is 12.1 Å². The number of aliphatic hydroxyl groups excluding tert-OH is 2. The van der Waals surface area contributed by atoms with E-state index in [4.69, 9.17) is 4.74 Å². The van der Waals surface area contributed by atoms with Gasteiger partial charge in [0.25, 0.3) is 0 Å². The molecule has 0 bridgehead atoms. The summed E-state index contributed by atoms with van der Waals surface area (Å²) >= 11 is 0. The summed E-state index contributed by atoms with van der Waals surface area (Å²) in [4.78, 5) is 24.4. The van der Waals surface area contributed by atoms with E-state index in [-0.39, 0.29) is 18.5 Å². The number of nitrogens with one attached hydrogen (secondary N) is 1. The van der Waals surface area contributed by atoms with Gasteiger partial charge in [-0.25, -0.2) is 0 Å². The number of ether oxygens (including phenoxy) is 1. The second-order valence-electron chi connectivity index (χ2n) is 18.2. The van der Waals surface area contributed by atoms with Gasteiger partial charge >= 0.3 is 5.97 Å². The van der Waals surface area contributed by atoms with E-state index in [0.29, 0.717) is 19.4 Å². The van der Waals surface area contributed by atoms with Crippen LogP contribution >= 0.6 is 0 Å². The molecule has 0 saturated heterocycles. The smallest absolute Gasteiger partial charge is 0.305 e. The number of rotatable bonds is 49. The minimum Gasteiger partial charge on any atom is -0.466 e. The van der Waals surface area contributed by atoms with Gasteiger partial charge in [0.05, 0.1) is 25.4 Å². The van der Waals surface area contributed by atoms with E-state index in [0.717, 1.165) is 44.9 Å². The van der Waals surface area contributed by atoms with Crippen molar-refractivity contribution in [3.05, 3.63) is 24.3 Å². The fourth-order valence-corrected chi connectivity index (χ4v) is 8.10. The Balaban J connectivity index is 3.41. The van der Waals surface area contributed by atoms with E-state index in [2.05, 4.69) is 31.3 Å². The Kier molecular flexibility index (Phi) is 48.6. The molecule has 0 heterocycles. The molecule has 0 radical (unpaired) electrons. The third kappa shape index (κ3) is 45.9. The molecule has 2 atom stereocenters. The molecule has 354 valence electrons. The first-order chi connectivity index (χ1) is 29.5. The molecule has 60 heavy (non-hydrogen) atoms. The highest BCUT2D eigenvalue weighted by molar-refractivity contribution is 5.76. The van der Waals surface area contributed by atoms with Crippen LogP contribution in [0.1, 0.15) is 284 Å². The summed E-state index contributed by atoms with van der Waals surface area (Å²) in [7, 11) is 0. The van der Waals surface area contributed by atoms with Crippen LogP contribution in [0.3, 0.4) is 0 Å². The molecule has 0 aromatic rings. The summed E-state index contributed by atoms with van der Waals surface area (Å²) in [5.74, 6) is -0.0784. The number of amides is 1. The van der Waals surface area contributed by atoms with E-state index in [9.17, 15) is 19.8 Å². The Morgan fingerprint density at radius 1 is 0.450 bits per heavy atom. The highest BCUT2D eigenvalue weighted by atomic mass is 16.5. The van der Waals surface area contributed by atoms with Crippen molar-refractivity contribution in [1.29, 1.82) is 0 Å². The molecule has 1 amide bonds. The van der Waals surface area contributed by atoms with Crippen LogP contribution in [0.2, 0.25) is 0 Å². The van der Waals surface area contributed by atoms with Gasteiger partial charge in [-0.3, -0.25) is 9.59 Å². The van der Waals surface area contributed by atoms with Crippen molar-refractivity contribution in [3.63, 3.8) is 0 Å². The van der Waals surface area contributed by atoms with E-state index in [1.54, 1.807) is 6.08 Å². The first-order valence-corrected chi connectivity index (χ1v) is 26.6. The van der Waals surface area contributed by atoms with Crippen molar-refractivity contribution >= 4 is 11.9 Å². The maximum Gasteiger partial charge on any atom is 0.305 e. The zero-order chi connectivity index (χ0) is 43.7. The largest absolute Gasteiger partial charge is 0.466 e. The Labute approximate surface area is 373 Å². The molecule has 0 rings (SSSR count). The van der Waals surface area contributed by atoms with Crippen LogP contribution in [0.4, 0.5) is 0 Å². The average Bonchev–Trinajstić information content (AvgIpc) is 3.25. The average molecular weight is 846 g/mol. The molecule has 0 aliphatic rings. The fourth-order valence-electron chi connectivity index (χ4n) is 8.10. The van der Waals surface area contributed by atoms with Crippen LogP contribution in [-0.2, 0) is 14.3 Å². The number of allylic oxidation sites excluding steroid dienone is 3. The van der Waals surface area contributed by atoms with Gasteiger partial charge in [0.1, 0.15) is 0 Å². The summed E-state index contributed by atoms with van der Waals surface area (Å²) in [6, 6.07) is -0.631. The molecule has 2 unspecified atom stereocenters. The zero-order valence-corrected chi connectivity index (χ0v) is 40.2. The van der Waals surface area contributed by atoms with Crippen molar-refractivity contribution in [2.24, 2.45) is 0 Å². The van der Waals surface area contributed by atoms with Crippen LogP contribution in [0.15, 0.2) is 24.3 Å². The number of carbonyl (C=O) groups excluding carboxylic acids is 2. The van der Waals surface area contributed by atoms with E-state index in [1.807, 2.05) is 6.08 Å². The van der Waals surface area contributed by atoms with Gasteiger partial charge in [-0.05, 0) is 57.8 Å². The lowest BCUT2D eigenvalue weighted by Crippen LogP contribution is -2.45. The predicted octanol–water partition coefficient (Wildman–Crippen LogP) is 15.9. The lowest BCUT2D eigenvalue weighted by Gasteiger charge is -2.20. The summed E-state index contributed by atoms with van der Waals surface area (Å²) < 4.78 is 5.48. The second kappa shape index (κ2) is 50.0. The third-order valence-electron chi connectivity index (χ3n) is 12.2. The summed E-state index contributed by atoms with van der Waals surface area (Å²) in [5, 5.41) is 22.9. The predicted molar refractivity (Wildman–Crippen MR) is 260 cm³/mol. The number of esters is 1. The van der Waals surface area contributed by atoms with Crippen molar-refractivity contribution in [3.8, 4) is 0 Å². The normalized spacial score (nSPS) is 12.8. The second-order valence-corrected chi connectivity index (χ2v) is 18.2. The maximum atomic E-state index is 12.4. The van der Waals surface area contributed by atoms with Gasteiger partial charge in [-0.15, -0.1) is 0 Å². The van der Waals surface area contributed by atoms with Gasteiger partial charge in [0, 0.05) is 12.8 Å². The SMILES string of the molecule is CCCCCCCC/C=C\CCCCCCCCCC(=O)OCCCCCCCCCCCCCCCCCCC(=O)NC(CO)C(O)/C=C/CCCCCCCCCC. The minimum absolute atomic E-state index is 0.00160. The van der Waals surface area contributed by atoms with E-state index in [1.165, 1.54) is 212 Å². The first kappa shape index (κ1) is 58.3. The first-order valence-electron chi connectivity index (χ1n) is 26.6. The number of unbranched alkanes of at least 4 members (excludes halogenated alkanes) is 36. The third-order valence-corrected chi connectivity index (χ3v) is 12.2. The molecule has 0 aliphatic carbocycles. The highest BCUT2D eigenvalue weighted by Crippen LogP contribution is 2.16. The molecule has 0 aromatic heterocycles. The molecule has 0 aliphatic heterocycles. The highest BCUT2D eigenvalue weighted by Gasteiger charge is 2.18. The number of hydrogen-bond acceptors (Lipinski definition) is 5.